The molecule has 1 nitrogen and oxygen atoms in total. The number of hydrogen-bond donors (Lipinski definition) is 1. The van der Waals surface area contributed by atoms with Crippen molar-refractivity contribution in [2.75, 3.05) is 0 Å². The summed E-state index contributed by atoms with van der Waals surface area (Å²) >= 11 is 0. The molecular weight excluding hydrogens is 146 g/mol. The molecule has 0 amide bonds. The summed E-state index contributed by atoms with van der Waals surface area (Å²) in [5.41, 5.74) is 4.06. The Morgan fingerprint density at radius 3 is 2.75 bits per heavy atom. The van der Waals surface area contributed by atoms with Gasteiger partial charge in [-0.15, -0.1) is 0 Å². The van der Waals surface area contributed by atoms with Gasteiger partial charge < -0.3 is 4.98 Å². The van der Waals surface area contributed by atoms with Crippen LogP contribution >= 0.6 is 0 Å². The van der Waals surface area contributed by atoms with E-state index in [1.54, 1.807) is 0 Å². The third-order valence-corrected chi connectivity index (χ3v) is 1.93. The van der Waals surface area contributed by atoms with E-state index in [0.29, 0.717) is 0 Å². The third kappa shape index (κ3) is 1.79. The molecule has 1 aliphatic carbocycles. The van der Waals surface area contributed by atoms with E-state index in [1.807, 2.05) is 13.8 Å². The number of fused-ring (bicyclic) bond motifs is 1. The maximum atomic E-state index is 3.35. The normalized spacial score (nSPS) is 13.2. The highest BCUT2D eigenvalue weighted by atomic mass is 14.7. The summed E-state index contributed by atoms with van der Waals surface area (Å²) in [5.74, 6) is 0. The number of hydrogen-bond acceptors (Lipinski definition) is 0. The summed E-state index contributed by atoms with van der Waals surface area (Å²) in [5, 5.41) is 0. The maximum absolute atomic E-state index is 3.35. The summed E-state index contributed by atoms with van der Waals surface area (Å²) in [7, 11) is 0. The first kappa shape index (κ1) is 9.11. The predicted molar refractivity (Wildman–Crippen MR) is 54.2 cm³/mol. The highest BCUT2D eigenvalue weighted by Crippen LogP contribution is 2.18. The Balaban J connectivity index is 0.000000336. The Labute approximate surface area is 74.5 Å². The Kier molecular flexibility index (Phi) is 3.15. The molecule has 12 heavy (non-hydrogen) atoms. The van der Waals surface area contributed by atoms with Gasteiger partial charge in [-0.3, -0.25) is 0 Å². The van der Waals surface area contributed by atoms with Gasteiger partial charge in [0, 0.05) is 11.4 Å². The van der Waals surface area contributed by atoms with E-state index in [0.717, 1.165) is 0 Å². The lowest BCUT2D eigenvalue weighted by atomic mass is 10.1. The van der Waals surface area contributed by atoms with Gasteiger partial charge in [0.2, 0.25) is 0 Å². The molecule has 0 radical (unpaired) electrons. The molecule has 0 saturated heterocycles. The highest BCUT2D eigenvalue weighted by Gasteiger charge is 2.05. The highest BCUT2D eigenvalue weighted by molar-refractivity contribution is 5.55. The average molecular weight is 163 g/mol. The van der Waals surface area contributed by atoms with Crippen LogP contribution in [0.15, 0.2) is 12.1 Å². The lowest BCUT2D eigenvalue weighted by Gasteiger charge is -2.02. The van der Waals surface area contributed by atoms with Crippen molar-refractivity contribution < 1.29 is 0 Å². The molecule has 1 heteroatoms. The van der Waals surface area contributed by atoms with Crippen LogP contribution in [0.5, 0.6) is 0 Å². The summed E-state index contributed by atoms with van der Waals surface area (Å²) in [4.78, 5) is 3.35. The minimum Gasteiger partial charge on any atom is -0.362 e. The van der Waals surface area contributed by atoms with Gasteiger partial charge in [0.25, 0.3) is 0 Å². The topological polar surface area (TPSA) is 15.8 Å². The second-order valence-electron chi connectivity index (χ2n) is 2.83. The van der Waals surface area contributed by atoms with Crippen molar-refractivity contribution in [3.8, 4) is 0 Å². The zero-order valence-electron chi connectivity index (χ0n) is 8.15. The van der Waals surface area contributed by atoms with Gasteiger partial charge >= 0.3 is 0 Å². The molecule has 66 valence electrons. The zero-order chi connectivity index (χ0) is 8.97. The quantitative estimate of drug-likeness (QED) is 0.604. The van der Waals surface area contributed by atoms with Crippen LogP contribution < -0.4 is 0 Å². The van der Waals surface area contributed by atoms with Crippen LogP contribution in [0, 0.1) is 6.92 Å². The van der Waals surface area contributed by atoms with E-state index >= 15 is 0 Å². The molecule has 0 atom stereocenters. The van der Waals surface area contributed by atoms with Crippen molar-refractivity contribution >= 4 is 6.08 Å². The fourth-order valence-corrected chi connectivity index (χ4v) is 1.46. The minimum atomic E-state index is 1.18. The van der Waals surface area contributed by atoms with Crippen LogP contribution in [0.25, 0.3) is 6.08 Å². The number of rotatable bonds is 0. The zero-order valence-corrected chi connectivity index (χ0v) is 8.15. The number of H-pyrrole nitrogens is 1. The number of allylic oxidation sites excluding steroid dienone is 1. The van der Waals surface area contributed by atoms with Crippen LogP contribution in [0.2, 0.25) is 0 Å². The smallest absolute Gasteiger partial charge is 0.0225 e. The van der Waals surface area contributed by atoms with Crippen LogP contribution in [-0.2, 0) is 6.42 Å². The van der Waals surface area contributed by atoms with Crippen molar-refractivity contribution in [3.05, 3.63) is 29.1 Å². The molecule has 0 aliphatic heterocycles. The molecule has 1 aromatic heterocycles. The van der Waals surface area contributed by atoms with Crippen molar-refractivity contribution in [2.45, 2.75) is 33.6 Å². The minimum absolute atomic E-state index is 1.18. The monoisotopic (exact) mass is 163 g/mol. The molecule has 0 unspecified atom stereocenters. The average Bonchev–Trinajstić information content (AvgIpc) is 2.48. The van der Waals surface area contributed by atoms with Crippen molar-refractivity contribution in [2.24, 2.45) is 0 Å². The fraction of sp³-hybridized carbons (Fsp3) is 0.455. The van der Waals surface area contributed by atoms with Crippen LogP contribution in [0.1, 0.15) is 37.2 Å². The molecule has 0 fully saturated rings. The Bertz CT molecular complexity index is 269. The molecule has 0 spiro atoms. The van der Waals surface area contributed by atoms with Crippen molar-refractivity contribution in [3.63, 3.8) is 0 Å². The van der Waals surface area contributed by atoms with E-state index in [4.69, 9.17) is 0 Å². The van der Waals surface area contributed by atoms with Crippen molar-refractivity contribution in [1.29, 1.82) is 0 Å². The first-order valence-electron chi connectivity index (χ1n) is 4.71. The summed E-state index contributed by atoms with van der Waals surface area (Å²) in [6.07, 6.45) is 6.80. The first-order chi connectivity index (χ1) is 5.86. The molecule has 0 saturated carbocycles. The third-order valence-electron chi connectivity index (χ3n) is 1.93. The second-order valence-corrected chi connectivity index (χ2v) is 2.83. The van der Waals surface area contributed by atoms with Crippen LogP contribution in [0.3, 0.4) is 0 Å². The fourth-order valence-electron chi connectivity index (χ4n) is 1.46. The SMILES string of the molecule is CC.Cc1cc2c([nH]1)CCC=C2. The summed E-state index contributed by atoms with van der Waals surface area (Å²) in [6, 6.07) is 2.20. The number of aromatic nitrogens is 1. The number of nitrogens with one attached hydrogen (secondary N) is 1. The van der Waals surface area contributed by atoms with E-state index < -0.39 is 0 Å². The van der Waals surface area contributed by atoms with E-state index in [2.05, 4.69) is 30.1 Å². The molecule has 1 heterocycles. The van der Waals surface area contributed by atoms with Gasteiger partial charge in [-0.05, 0) is 31.4 Å². The number of aryl methyl sites for hydroxylation is 2. The van der Waals surface area contributed by atoms with E-state index in [-0.39, 0.29) is 0 Å². The lowest BCUT2D eigenvalue weighted by Crippen LogP contribution is -1.90. The summed E-state index contributed by atoms with van der Waals surface area (Å²) in [6.45, 7) is 6.10. The Hall–Kier alpha value is -0.980. The second kappa shape index (κ2) is 4.15. The van der Waals surface area contributed by atoms with E-state index in [1.165, 1.54) is 29.8 Å². The maximum Gasteiger partial charge on any atom is 0.0225 e. The van der Waals surface area contributed by atoms with Gasteiger partial charge in [0.05, 0.1) is 0 Å². The molecule has 1 N–H and O–H groups in total. The Morgan fingerprint density at radius 1 is 1.33 bits per heavy atom. The van der Waals surface area contributed by atoms with Gasteiger partial charge in [-0.2, -0.15) is 0 Å². The molecule has 1 aliphatic rings. The van der Waals surface area contributed by atoms with Gasteiger partial charge in [-0.1, -0.05) is 26.0 Å². The standard InChI is InChI=1S/C9H11N.C2H6/c1-7-6-8-4-2-3-5-9(8)10-7;1-2/h2,4,6,10H,3,5H2,1H3;1-2H3. The van der Waals surface area contributed by atoms with E-state index in [9.17, 15) is 0 Å². The lowest BCUT2D eigenvalue weighted by molar-refractivity contribution is 0.938. The largest absolute Gasteiger partial charge is 0.362 e. The molecule has 0 aromatic carbocycles. The first-order valence-corrected chi connectivity index (χ1v) is 4.71. The van der Waals surface area contributed by atoms with Crippen LogP contribution in [0.4, 0.5) is 0 Å². The molecular formula is C11H17N. The predicted octanol–water partition coefficient (Wildman–Crippen LogP) is 3.31. The van der Waals surface area contributed by atoms with Gasteiger partial charge in [0.1, 0.15) is 0 Å². The van der Waals surface area contributed by atoms with Crippen LogP contribution in [-0.4, -0.2) is 4.98 Å². The summed E-state index contributed by atoms with van der Waals surface area (Å²) < 4.78 is 0. The van der Waals surface area contributed by atoms with Gasteiger partial charge in [0.15, 0.2) is 0 Å². The Morgan fingerprint density at radius 2 is 2.08 bits per heavy atom. The van der Waals surface area contributed by atoms with Crippen molar-refractivity contribution in [1.82, 2.24) is 4.98 Å². The van der Waals surface area contributed by atoms with Gasteiger partial charge in [-0.25, -0.2) is 0 Å². The molecule has 1 aromatic rings. The molecule has 2 rings (SSSR count). The molecule has 0 bridgehead atoms. The number of aromatic amines is 1.